The number of nitrogen functional groups attached to an aromatic ring is 1. The molecule has 0 heterocycles. The number of rotatable bonds is 4. The van der Waals surface area contributed by atoms with Crippen LogP contribution in [0.25, 0.3) is 0 Å². The van der Waals surface area contributed by atoms with Crippen LogP contribution in [-0.2, 0) is 11.3 Å². The molecular formula is C9H13NO2. The molecule has 0 bridgehead atoms. The van der Waals surface area contributed by atoms with Crippen molar-refractivity contribution in [3.05, 3.63) is 29.8 Å². The molecule has 0 aliphatic carbocycles. The monoisotopic (exact) mass is 167 g/mol. The standard InChI is InChI=1S/C9H13NO2/c10-9-4-2-1-3-8(9)7-12-6-5-11/h1-4,11H,5-7,10H2. The first-order valence-corrected chi connectivity index (χ1v) is 3.86. The zero-order valence-corrected chi connectivity index (χ0v) is 6.86. The summed E-state index contributed by atoms with van der Waals surface area (Å²) >= 11 is 0. The molecule has 66 valence electrons. The van der Waals surface area contributed by atoms with Crippen LogP contribution in [0.15, 0.2) is 24.3 Å². The molecule has 1 rings (SSSR count). The van der Waals surface area contributed by atoms with Gasteiger partial charge in [-0.15, -0.1) is 0 Å². The number of para-hydroxylation sites is 1. The SMILES string of the molecule is Nc1ccccc1COCCO. The zero-order valence-electron chi connectivity index (χ0n) is 6.86. The fourth-order valence-corrected chi connectivity index (χ4v) is 0.912. The van der Waals surface area contributed by atoms with Gasteiger partial charge in [-0.2, -0.15) is 0 Å². The number of anilines is 1. The van der Waals surface area contributed by atoms with Crippen molar-refractivity contribution in [2.45, 2.75) is 6.61 Å². The number of benzene rings is 1. The molecule has 0 unspecified atom stereocenters. The topological polar surface area (TPSA) is 55.5 Å². The summed E-state index contributed by atoms with van der Waals surface area (Å²) in [5, 5.41) is 8.46. The third kappa shape index (κ3) is 2.53. The molecular weight excluding hydrogens is 154 g/mol. The van der Waals surface area contributed by atoms with Crippen LogP contribution in [0, 0.1) is 0 Å². The molecule has 3 N–H and O–H groups in total. The van der Waals surface area contributed by atoms with Gasteiger partial charge in [-0.3, -0.25) is 0 Å². The summed E-state index contributed by atoms with van der Waals surface area (Å²) in [6.45, 7) is 0.869. The highest BCUT2D eigenvalue weighted by molar-refractivity contribution is 5.45. The van der Waals surface area contributed by atoms with Crippen molar-refractivity contribution in [3.8, 4) is 0 Å². The highest BCUT2D eigenvalue weighted by Crippen LogP contribution is 2.10. The Morgan fingerprint density at radius 2 is 2.08 bits per heavy atom. The molecule has 0 aliphatic heterocycles. The maximum absolute atomic E-state index is 8.46. The second-order valence-corrected chi connectivity index (χ2v) is 2.48. The largest absolute Gasteiger partial charge is 0.398 e. The molecule has 3 nitrogen and oxygen atoms in total. The lowest BCUT2D eigenvalue weighted by Crippen LogP contribution is -2.01. The van der Waals surface area contributed by atoms with E-state index in [4.69, 9.17) is 15.6 Å². The predicted octanol–water partition coefficient (Wildman–Crippen LogP) is 0.778. The summed E-state index contributed by atoms with van der Waals surface area (Å²) in [6.07, 6.45) is 0. The smallest absolute Gasteiger partial charge is 0.0738 e. The summed E-state index contributed by atoms with van der Waals surface area (Å²) in [6, 6.07) is 7.53. The van der Waals surface area contributed by atoms with Crippen LogP contribution in [0.4, 0.5) is 5.69 Å². The van der Waals surface area contributed by atoms with Crippen LogP contribution in [0.1, 0.15) is 5.56 Å². The summed E-state index contributed by atoms with van der Waals surface area (Å²) < 4.78 is 5.12. The first-order chi connectivity index (χ1) is 5.84. The highest BCUT2D eigenvalue weighted by Gasteiger charge is 1.96. The van der Waals surface area contributed by atoms with E-state index in [2.05, 4.69) is 0 Å². The Bertz CT molecular complexity index is 238. The molecule has 0 aliphatic rings. The molecule has 0 amide bonds. The Labute approximate surface area is 71.8 Å². The van der Waals surface area contributed by atoms with Crippen LogP contribution >= 0.6 is 0 Å². The van der Waals surface area contributed by atoms with Crippen LogP contribution < -0.4 is 5.73 Å². The second kappa shape index (κ2) is 4.74. The molecule has 0 atom stereocenters. The van der Waals surface area contributed by atoms with E-state index in [9.17, 15) is 0 Å². The molecule has 0 saturated heterocycles. The fraction of sp³-hybridized carbons (Fsp3) is 0.333. The number of hydrogen-bond acceptors (Lipinski definition) is 3. The normalized spacial score (nSPS) is 10.1. The third-order valence-electron chi connectivity index (χ3n) is 1.55. The first-order valence-electron chi connectivity index (χ1n) is 3.86. The number of hydrogen-bond donors (Lipinski definition) is 2. The van der Waals surface area contributed by atoms with Gasteiger partial charge >= 0.3 is 0 Å². The highest BCUT2D eigenvalue weighted by atomic mass is 16.5. The van der Waals surface area contributed by atoms with E-state index in [1.54, 1.807) is 0 Å². The van der Waals surface area contributed by atoms with Gasteiger partial charge in [0.1, 0.15) is 0 Å². The number of aliphatic hydroxyl groups excluding tert-OH is 1. The number of aliphatic hydroxyl groups is 1. The van der Waals surface area contributed by atoms with Crippen LogP contribution in [0.5, 0.6) is 0 Å². The Kier molecular flexibility index (Phi) is 3.57. The Hall–Kier alpha value is -1.06. The van der Waals surface area contributed by atoms with Gasteiger partial charge in [0, 0.05) is 11.3 Å². The first kappa shape index (κ1) is 9.03. The van der Waals surface area contributed by atoms with Crippen molar-refractivity contribution in [1.82, 2.24) is 0 Å². The van der Waals surface area contributed by atoms with Gasteiger partial charge in [0.25, 0.3) is 0 Å². The van der Waals surface area contributed by atoms with Crippen molar-refractivity contribution >= 4 is 5.69 Å². The lowest BCUT2D eigenvalue weighted by molar-refractivity contribution is 0.0818. The average Bonchev–Trinajstić information content (AvgIpc) is 2.09. The second-order valence-electron chi connectivity index (χ2n) is 2.48. The van der Waals surface area contributed by atoms with Gasteiger partial charge in [-0.05, 0) is 6.07 Å². The van der Waals surface area contributed by atoms with E-state index in [0.29, 0.717) is 13.2 Å². The summed E-state index contributed by atoms with van der Waals surface area (Å²) in [5.41, 5.74) is 7.36. The van der Waals surface area contributed by atoms with Crippen LogP contribution in [0.2, 0.25) is 0 Å². The third-order valence-corrected chi connectivity index (χ3v) is 1.55. The van der Waals surface area contributed by atoms with Gasteiger partial charge in [-0.1, -0.05) is 18.2 Å². The molecule has 3 heteroatoms. The minimum atomic E-state index is 0.0484. The predicted molar refractivity (Wildman–Crippen MR) is 47.6 cm³/mol. The Balaban J connectivity index is 2.46. The van der Waals surface area contributed by atoms with Gasteiger partial charge in [0.15, 0.2) is 0 Å². The summed E-state index contributed by atoms with van der Waals surface area (Å²) in [4.78, 5) is 0. The Morgan fingerprint density at radius 1 is 1.33 bits per heavy atom. The molecule has 1 aromatic carbocycles. The van der Waals surface area contributed by atoms with Crippen LogP contribution in [-0.4, -0.2) is 18.3 Å². The molecule has 0 saturated carbocycles. The fourth-order valence-electron chi connectivity index (χ4n) is 0.912. The quantitative estimate of drug-likeness (QED) is 0.514. The number of nitrogens with two attached hydrogens (primary N) is 1. The average molecular weight is 167 g/mol. The van der Waals surface area contributed by atoms with E-state index in [1.165, 1.54) is 0 Å². The van der Waals surface area contributed by atoms with Gasteiger partial charge in [0.2, 0.25) is 0 Å². The van der Waals surface area contributed by atoms with Crippen molar-refractivity contribution in [2.24, 2.45) is 0 Å². The van der Waals surface area contributed by atoms with Crippen molar-refractivity contribution in [3.63, 3.8) is 0 Å². The minimum Gasteiger partial charge on any atom is -0.398 e. The van der Waals surface area contributed by atoms with Crippen molar-refractivity contribution in [1.29, 1.82) is 0 Å². The van der Waals surface area contributed by atoms with Crippen LogP contribution in [0.3, 0.4) is 0 Å². The Morgan fingerprint density at radius 3 is 2.75 bits per heavy atom. The van der Waals surface area contributed by atoms with E-state index >= 15 is 0 Å². The number of ether oxygens (including phenoxy) is 1. The van der Waals surface area contributed by atoms with E-state index in [0.717, 1.165) is 11.3 Å². The molecule has 1 aromatic rings. The minimum absolute atomic E-state index is 0.0484. The molecule has 0 radical (unpaired) electrons. The summed E-state index contributed by atoms with van der Waals surface area (Å²) in [7, 11) is 0. The van der Waals surface area contributed by atoms with Crippen molar-refractivity contribution in [2.75, 3.05) is 18.9 Å². The van der Waals surface area contributed by atoms with E-state index < -0.39 is 0 Å². The summed E-state index contributed by atoms with van der Waals surface area (Å²) in [5.74, 6) is 0. The van der Waals surface area contributed by atoms with E-state index in [-0.39, 0.29) is 6.61 Å². The molecule has 0 aromatic heterocycles. The van der Waals surface area contributed by atoms with Gasteiger partial charge in [0.05, 0.1) is 19.8 Å². The van der Waals surface area contributed by atoms with Crippen molar-refractivity contribution < 1.29 is 9.84 Å². The zero-order chi connectivity index (χ0) is 8.81. The van der Waals surface area contributed by atoms with Gasteiger partial charge in [-0.25, -0.2) is 0 Å². The maximum atomic E-state index is 8.46. The molecule has 0 spiro atoms. The van der Waals surface area contributed by atoms with E-state index in [1.807, 2.05) is 24.3 Å². The molecule has 12 heavy (non-hydrogen) atoms. The van der Waals surface area contributed by atoms with Gasteiger partial charge < -0.3 is 15.6 Å². The lowest BCUT2D eigenvalue weighted by Gasteiger charge is -2.04. The molecule has 0 fully saturated rings. The lowest BCUT2D eigenvalue weighted by atomic mass is 10.2. The maximum Gasteiger partial charge on any atom is 0.0738 e.